The highest BCUT2D eigenvalue weighted by Gasteiger charge is 2.17. The Bertz CT molecular complexity index is 1090. The van der Waals surface area contributed by atoms with E-state index in [0.717, 1.165) is 0 Å². The Balaban J connectivity index is 1.83. The molecule has 8 nitrogen and oxygen atoms in total. The number of hydrogen-bond donors (Lipinski definition) is 1. The van der Waals surface area contributed by atoms with Crippen LogP contribution in [-0.2, 0) is 4.74 Å². The summed E-state index contributed by atoms with van der Waals surface area (Å²) in [5.41, 5.74) is 1.54. The lowest BCUT2D eigenvalue weighted by Gasteiger charge is -2.07. The first kappa shape index (κ1) is 19.4. The Hall–Kier alpha value is -3.33. The largest absolute Gasteiger partial charge is 0.459 e. The van der Waals surface area contributed by atoms with Crippen LogP contribution in [0.15, 0.2) is 36.4 Å². The molecule has 3 aromatic rings. The maximum absolute atomic E-state index is 12.4. The summed E-state index contributed by atoms with van der Waals surface area (Å²) < 4.78 is 5.89. The molecule has 1 heterocycles. The normalized spacial score (nSPS) is 10.9. The fourth-order valence-corrected chi connectivity index (χ4v) is 3.40. The van der Waals surface area contributed by atoms with E-state index in [1.54, 1.807) is 39.0 Å². The predicted molar refractivity (Wildman–Crippen MR) is 106 cm³/mol. The van der Waals surface area contributed by atoms with E-state index in [4.69, 9.17) is 4.74 Å². The third kappa shape index (κ3) is 4.15. The zero-order chi connectivity index (χ0) is 20.4. The summed E-state index contributed by atoms with van der Waals surface area (Å²) >= 11 is 1.20. The summed E-state index contributed by atoms with van der Waals surface area (Å²) in [5.74, 6) is -0.926. The number of nitro groups is 1. The van der Waals surface area contributed by atoms with Crippen molar-refractivity contribution in [2.75, 3.05) is 5.32 Å². The lowest BCUT2D eigenvalue weighted by atomic mass is 10.1. The number of hydrogen-bond acceptors (Lipinski definition) is 7. The number of aromatic nitrogens is 1. The number of rotatable bonds is 5. The molecule has 0 aliphatic carbocycles. The van der Waals surface area contributed by atoms with Gasteiger partial charge in [-0.25, -0.2) is 9.78 Å². The Kier molecular flexibility index (Phi) is 5.36. The van der Waals surface area contributed by atoms with Crippen LogP contribution < -0.4 is 5.32 Å². The van der Waals surface area contributed by atoms with Gasteiger partial charge < -0.3 is 4.74 Å². The molecule has 1 amide bonds. The topological polar surface area (TPSA) is 111 Å². The minimum absolute atomic E-state index is 0.120. The van der Waals surface area contributed by atoms with E-state index in [-0.39, 0.29) is 17.4 Å². The minimum atomic E-state index is -0.526. The number of nitrogens with zero attached hydrogens (tertiary/aromatic N) is 2. The number of carbonyl (C=O) groups is 2. The first-order valence-electron chi connectivity index (χ1n) is 8.42. The van der Waals surface area contributed by atoms with E-state index < -0.39 is 16.8 Å². The number of ether oxygens (including phenoxy) is 1. The number of amides is 1. The van der Waals surface area contributed by atoms with E-state index in [2.05, 4.69) is 10.3 Å². The van der Waals surface area contributed by atoms with Crippen molar-refractivity contribution in [3.05, 3.63) is 63.2 Å². The van der Waals surface area contributed by atoms with E-state index >= 15 is 0 Å². The molecule has 28 heavy (non-hydrogen) atoms. The van der Waals surface area contributed by atoms with Crippen molar-refractivity contribution >= 4 is 44.2 Å². The lowest BCUT2D eigenvalue weighted by molar-refractivity contribution is -0.385. The standard InChI is InChI=1S/C19H17N3O5S/c1-10(2)27-18(24)13-6-7-14-16(9-13)28-19(20-14)21-17(23)12-5-4-11(3)15(8-12)22(25)26/h4-10H,1-3H3,(H,20,21,23). The number of thiazole rings is 1. The van der Waals surface area contributed by atoms with Gasteiger partial charge in [-0.15, -0.1) is 0 Å². The number of nitrogens with one attached hydrogen (secondary N) is 1. The maximum Gasteiger partial charge on any atom is 0.338 e. The fraction of sp³-hybridized carbons (Fsp3) is 0.211. The SMILES string of the molecule is Cc1ccc(C(=O)Nc2nc3ccc(C(=O)OC(C)C)cc3s2)cc1[N+](=O)[O-]. The molecule has 0 aliphatic heterocycles. The molecule has 0 saturated carbocycles. The molecule has 0 fully saturated rings. The summed E-state index contributed by atoms with van der Waals surface area (Å²) in [6.45, 7) is 5.15. The van der Waals surface area contributed by atoms with E-state index in [9.17, 15) is 19.7 Å². The molecule has 0 saturated heterocycles. The highest BCUT2D eigenvalue weighted by atomic mass is 32.1. The minimum Gasteiger partial charge on any atom is -0.459 e. The lowest BCUT2D eigenvalue weighted by Crippen LogP contribution is -2.12. The van der Waals surface area contributed by atoms with Gasteiger partial charge in [-0.3, -0.25) is 20.2 Å². The number of nitro benzene ring substituents is 1. The number of anilines is 1. The third-order valence-corrected chi connectivity index (χ3v) is 4.79. The molecular formula is C19H17N3O5S. The molecule has 1 aromatic heterocycles. The third-order valence-electron chi connectivity index (χ3n) is 3.86. The average molecular weight is 399 g/mol. The van der Waals surface area contributed by atoms with E-state index in [1.807, 2.05) is 0 Å². The van der Waals surface area contributed by atoms with E-state index in [1.165, 1.54) is 29.5 Å². The second-order valence-corrected chi connectivity index (χ2v) is 7.40. The smallest absolute Gasteiger partial charge is 0.338 e. The maximum atomic E-state index is 12.4. The van der Waals surface area contributed by atoms with Gasteiger partial charge in [0.25, 0.3) is 11.6 Å². The predicted octanol–water partition coefficient (Wildman–Crippen LogP) is 4.33. The molecule has 9 heteroatoms. The molecule has 0 spiro atoms. The van der Waals surface area contributed by atoms with Gasteiger partial charge in [0.2, 0.25) is 0 Å². The Morgan fingerprint density at radius 2 is 1.89 bits per heavy atom. The van der Waals surface area contributed by atoms with Crippen LogP contribution in [0, 0.1) is 17.0 Å². The molecule has 0 aliphatic rings. The quantitative estimate of drug-likeness (QED) is 0.388. The van der Waals surface area contributed by atoms with Gasteiger partial charge >= 0.3 is 5.97 Å². The summed E-state index contributed by atoms with van der Waals surface area (Å²) in [6, 6.07) is 9.22. The molecule has 0 atom stereocenters. The van der Waals surface area contributed by atoms with Gasteiger partial charge in [0.1, 0.15) is 0 Å². The van der Waals surface area contributed by atoms with Crippen molar-refractivity contribution in [1.82, 2.24) is 4.98 Å². The van der Waals surface area contributed by atoms with Crippen molar-refractivity contribution in [3.63, 3.8) is 0 Å². The van der Waals surface area contributed by atoms with Crippen LogP contribution in [0.4, 0.5) is 10.8 Å². The van der Waals surface area contributed by atoms with Crippen molar-refractivity contribution in [3.8, 4) is 0 Å². The fourth-order valence-electron chi connectivity index (χ4n) is 2.50. The summed E-state index contributed by atoms with van der Waals surface area (Å²) in [7, 11) is 0. The van der Waals surface area contributed by atoms with Gasteiger partial charge in [-0.1, -0.05) is 17.4 Å². The van der Waals surface area contributed by atoms with Crippen molar-refractivity contribution in [2.45, 2.75) is 26.9 Å². The molecule has 0 radical (unpaired) electrons. The van der Waals surface area contributed by atoms with Crippen LogP contribution in [0.5, 0.6) is 0 Å². The van der Waals surface area contributed by atoms with Crippen molar-refractivity contribution < 1.29 is 19.2 Å². The molecular weight excluding hydrogens is 382 g/mol. The molecule has 3 rings (SSSR count). The van der Waals surface area contributed by atoms with Crippen molar-refractivity contribution in [2.24, 2.45) is 0 Å². The van der Waals surface area contributed by atoms with Gasteiger partial charge in [0, 0.05) is 17.2 Å². The first-order chi connectivity index (χ1) is 13.2. The molecule has 144 valence electrons. The highest BCUT2D eigenvalue weighted by molar-refractivity contribution is 7.22. The zero-order valence-corrected chi connectivity index (χ0v) is 16.2. The number of carbonyl (C=O) groups excluding carboxylic acids is 2. The van der Waals surface area contributed by atoms with Crippen LogP contribution in [-0.4, -0.2) is 27.9 Å². The molecule has 2 aromatic carbocycles. The summed E-state index contributed by atoms with van der Waals surface area (Å²) in [4.78, 5) is 39.3. The Morgan fingerprint density at radius 1 is 1.18 bits per heavy atom. The van der Waals surface area contributed by atoms with Gasteiger partial charge in [0.05, 0.1) is 26.8 Å². The average Bonchev–Trinajstić information content (AvgIpc) is 3.02. The Morgan fingerprint density at radius 3 is 2.57 bits per heavy atom. The highest BCUT2D eigenvalue weighted by Crippen LogP contribution is 2.28. The number of benzene rings is 2. The van der Waals surface area contributed by atoms with Gasteiger partial charge in [0.15, 0.2) is 5.13 Å². The first-order valence-corrected chi connectivity index (χ1v) is 9.24. The molecule has 0 bridgehead atoms. The summed E-state index contributed by atoms with van der Waals surface area (Å²) in [6.07, 6.45) is -0.224. The molecule has 0 unspecified atom stereocenters. The zero-order valence-electron chi connectivity index (χ0n) is 15.4. The van der Waals surface area contributed by atoms with Crippen LogP contribution >= 0.6 is 11.3 Å². The number of fused-ring (bicyclic) bond motifs is 1. The van der Waals surface area contributed by atoms with Crippen molar-refractivity contribution in [1.29, 1.82) is 0 Å². The van der Waals surface area contributed by atoms with E-state index in [0.29, 0.717) is 26.5 Å². The van der Waals surface area contributed by atoms with Gasteiger partial charge in [-0.05, 0) is 45.0 Å². The van der Waals surface area contributed by atoms with Crippen LogP contribution in [0.3, 0.4) is 0 Å². The number of aryl methyl sites for hydroxylation is 1. The van der Waals surface area contributed by atoms with Crippen LogP contribution in [0.1, 0.15) is 40.1 Å². The number of esters is 1. The molecule has 1 N–H and O–H groups in total. The van der Waals surface area contributed by atoms with Crippen LogP contribution in [0.25, 0.3) is 10.2 Å². The second-order valence-electron chi connectivity index (χ2n) is 6.37. The van der Waals surface area contributed by atoms with Crippen LogP contribution in [0.2, 0.25) is 0 Å². The Labute approximate surface area is 164 Å². The summed E-state index contributed by atoms with van der Waals surface area (Å²) in [5, 5.41) is 14.0. The second kappa shape index (κ2) is 7.73. The van der Waals surface area contributed by atoms with Gasteiger partial charge in [-0.2, -0.15) is 0 Å². The monoisotopic (exact) mass is 399 g/mol.